The number of ether oxygens (including phenoxy) is 1. The molecule has 4 nitrogen and oxygen atoms in total. The number of nitrogens with zero attached hydrogens (tertiary/aromatic N) is 2. The average molecular weight is 295 g/mol. The molecule has 0 fully saturated rings. The van der Waals surface area contributed by atoms with Crippen molar-refractivity contribution in [1.29, 1.82) is 0 Å². The van der Waals surface area contributed by atoms with Gasteiger partial charge in [0.25, 0.3) is 0 Å². The summed E-state index contributed by atoms with van der Waals surface area (Å²) in [5.74, 6) is 2.20. The molecule has 0 saturated heterocycles. The second kappa shape index (κ2) is 6.10. The maximum absolute atomic E-state index is 5.41. The van der Waals surface area contributed by atoms with E-state index in [0.717, 1.165) is 35.0 Å². The summed E-state index contributed by atoms with van der Waals surface area (Å²) in [6.45, 7) is 5.33. The molecule has 0 saturated carbocycles. The number of fused-ring (bicyclic) bond motifs is 1. The van der Waals surface area contributed by atoms with E-state index in [2.05, 4.69) is 29.8 Å². The van der Waals surface area contributed by atoms with Gasteiger partial charge in [-0.05, 0) is 30.2 Å². The van der Waals surface area contributed by atoms with Crippen molar-refractivity contribution >= 4 is 22.7 Å². The van der Waals surface area contributed by atoms with Crippen LogP contribution >= 0.6 is 0 Å². The second-order valence-corrected chi connectivity index (χ2v) is 5.75. The van der Waals surface area contributed by atoms with Gasteiger partial charge in [0.15, 0.2) is 0 Å². The summed E-state index contributed by atoms with van der Waals surface area (Å²) in [7, 11) is 1.68. The van der Waals surface area contributed by atoms with Gasteiger partial charge in [0.1, 0.15) is 5.75 Å². The van der Waals surface area contributed by atoms with Crippen LogP contribution in [0.1, 0.15) is 13.8 Å². The third-order valence-corrected chi connectivity index (χ3v) is 3.56. The lowest BCUT2D eigenvalue weighted by Crippen LogP contribution is -2.08. The quantitative estimate of drug-likeness (QED) is 0.756. The molecule has 114 valence electrons. The Morgan fingerprint density at radius 2 is 1.82 bits per heavy atom. The predicted molar refractivity (Wildman–Crippen MR) is 90.8 cm³/mol. The van der Waals surface area contributed by atoms with E-state index >= 15 is 0 Å². The van der Waals surface area contributed by atoms with Crippen LogP contribution in [0.3, 0.4) is 0 Å². The van der Waals surface area contributed by atoms with Crippen molar-refractivity contribution in [3.8, 4) is 5.75 Å². The van der Waals surface area contributed by atoms with Crippen LogP contribution in [-0.4, -0.2) is 16.7 Å². The zero-order chi connectivity index (χ0) is 15.5. The first-order valence-corrected chi connectivity index (χ1v) is 7.54. The molecule has 2 aromatic carbocycles. The molecule has 0 radical (unpaired) electrons. The summed E-state index contributed by atoms with van der Waals surface area (Å²) in [6.07, 6.45) is 0. The summed E-state index contributed by atoms with van der Waals surface area (Å²) in [6, 6.07) is 16.1. The highest BCUT2D eigenvalue weighted by molar-refractivity contribution is 5.80. The smallest absolute Gasteiger partial charge is 0.208 e. The lowest BCUT2D eigenvalue weighted by Gasteiger charge is -2.14. The van der Waals surface area contributed by atoms with Crippen LogP contribution in [-0.2, 0) is 6.54 Å². The Bertz CT molecular complexity index is 777. The molecule has 0 atom stereocenters. The molecule has 1 aromatic heterocycles. The molecular weight excluding hydrogens is 274 g/mol. The van der Waals surface area contributed by atoms with Gasteiger partial charge in [-0.3, -0.25) is 0 Å². The molecule has 22 heavy (non-hydrogen) atoms. The Morgan fingerprint density at radius 1 is 1.09 bits per heavy atom. The van der Waals surface area contributed by atoms with Crippen molar-refractivity contribution in [1.82, 2.24) is 9.55 Å². The van der Waals surface area contributed by atoms with Crippen molar-refractivity contribution in [3.63, 3.8) is 0 Å². The second-order valence-electron chi connectivity index (χ2n) is 5.75. The molecule has 0 bridgehead atoms. The van der Waals surface area contributed by atoms with Crippen LogP contribution in [0.4, 0.5) is 11.6 Å². The first-order chi connectivity index (χ1) is 10.7. The fourth-order valence-corrected chi connectivity index (χ4v) is 2.59. The standard InChI is InChI=1S/C18H21N3O/c1-13(2)12-21-16-10-6-4-8-14(16)19-18(21)20-15-9-5-7-11-17(15)22-3/h4-11,13H,12H2,1-3H3,(H,19,20). The molecule has 4 heteroatoms. The van der Waals surface area contributed by atoms with E-state index in [1.54, 1.807) is 7.11 Å². The summed E-state index contributed by atoms with van der Waals surface area (Å²) in [5, 5.41) is 3.41. The molecule has 3 aromatic rings. The summed E-state index contributed by atoms with van der Waals surface area (Å²) < 4.78 is 7.64. The highest BCUT2D eigenvalue weighted by Gasteiger charge is 2.13. The number of anilines is 2. The first-order valence-electron chi connectivity index (χ1n) is 7.54. The van der Waals surface area contributed by atoms with Gasteiger partial charge in [-0.15, -0.1) is 0 Å². The topological polar surface area (TPSA) is 39.1 Å². The average Bonchev–Trinajstić information content (AvgIpc) is 2.85. The van der Waals surface area contributed by atoms with Gasteiger partial charge in [-0.25, -0.2) is 4.98 Å². The maximum Gasteiger partial charge on any atom is 0.208 e. The number of hydrogen-bond donors (Lipinski definition) is 1. The van der Waals surface area contributed by atoms with E-state index in [1.807, 2.05) is 42.5 Å². The van der Waals surface area contributed by atoms with E-state index in [9.17, 15) is 0 Å². The van der Waals surface area contributed by atoms with E-state index < -0.39 is 0 Å². The van der Waals surface area contributed by atoms with Crippen LogP contribution in [0.2, 0.25) is 0 Å². The number of aromatic nitrogens is 2. The molecule has 1 N–H and O–H groups in total. The lowest BCUT2D eigenvalue weighted by atomic mass is 10.2. The van der Waals surface area contributed by atoms with Crippen LogP contribution in [0.5, 0.6) is 5.75 Å². The van der Waals surface area contributed by atoms with Crippen molar-refractivity contribution in [2.45, 2.75) is 20.4 Å². The van der Waals surface area contributed by atoms with Gasteiger partial charge in [0, 0.05) is 6.54 Å². The minimum atomic E-state index is 0.538. The van der Waals surface area contributed by atoms with Crippen molar-refractivity contribution < 1.29 is 4.74 Å². The van der Waals surface area contributed by atoms with Gasteiger partial charge >= 0.3 is 0 Å². The largest absolute Gasteiger partial charge is 0.495 e. The number of para-hydroxylation sites is 4. The van der Waals surface area contributed by atoms with Gasteiger partial charge in [-0.1, -0.05) is 38.1 Å². The van der Waals surface area contributed by atoms with Gasteiger partial charge in [0.05, 0.1) is 23.8 Å². The van der Waals surface area contributed by atoms with Crippen molar-refractivity contribution in [2.24, 2.45) is 5.92 Å². The number of imidazole rings is 1. The number of hydrogen-bond acceptors (Lipinski definition) is 3. The van der Waals surface area contributed by atoms with E-state index in [1.165, 1.54) is 0 Å². The Morgan fingerprint density at radius 3 is 2.59 bits per heavy atom. The Kier molecular flexibility index (Phi) is 4.00. The minimum Gasteiger partial charge on any atom is -0.495 e. The molecule has 0 spiro atoms. The Hall–Kier alpha value is -2.49. The zero-order valence-corrected chi connectivity index (χ0v) is 13.2. The summed E-state index contributed by atoms with van der Waals surface area (Å²) in [4.78, 5) is 4.73. The highest BCUT2D eigenvalue weighted by atomic mass is 16.5. The van der Waals surface area contributed by atoms with Gasteiger partial charge < -0.3 is 14.6 Å². The van der Waals surface area contributed by atoms with E-state index in [-0.39, 0.29) is 0 Å². The van der Waals surface area contributed by atoms with Gasteiger partial charge in [-0.2, -0.15) is 0 Å². The number of methoxy groups -OCH3 is 1. The third kappa shape index (κ3) is 2.77. The molecular formula is C18H21N3O. The highest BCUT2D eigenvalue weighted by Crippen LogP contribution is 2.29. The van der Waals surface area contributed by atoms with E-state index in [4.69, 9.17) is 9.72 Å². The maximum atomic E-state index is 5.41. The van der Waals surface area contributed by atoms with E-state index in [0.29, 0.717) is 5.92 Å². The molecule has 0 aliphatic rings. The summed E-state index contributed by atoms with van der Waals surface area (Å²) in [5.41, 5.74) is 3.07. The lowest BCUT2D eigenvalue weighted by molar-refractivity contribution is 0.416. The molecule has 0 aliphatic heterocycles. The normalized spacial score (nSPS) is 11.1. The summed E-state index contributed by atoms with van der Waals surface area (Å²) >= 11 is 0. The molecule has 0 unspecified atom stereocenters. The molecule has 1 heterocycles. The molecule has 3 rings (SSSR count). The Labute approximate surface area is 130 Å². The van der Waals surface area contributed by atoms with Gasteiger partial charge in [0.2, 0.25) is 5.95 Å². The molecule has 0 amide bonds. The Balaban J connectivity index is 2.06. The third-order valence-electron chi connectivity index (χ3n) is 3.56. The fourth-order valence-electron chi connectivity index (χ4n) is 2.59. The van der Waals surface area contributed by atoms with Crippen LogP contribution in [0, 0.1) is 5.92 Å². The number of rotatable bonds is 5. The predicted octanol–water partition coefficient (Wildman–Crippen LogP) is 4.44. The van der Waals surface area contributed by atoms with Crippen LogP contribution < -0.4 is 10.1 Å². The fraction of sp³-hybridized carbons (Fsp3) is 0.278. The van der Waals surface area contributed by atoms with Crippen molar-refractivity contribution in [2.75, 3.05) is 12.4 Å². The SMILES string of the molecule is COc1ccccc1Nc1nc2ccccc2n1CC(C)C. The monoisotopic (exact) mass is 295 g/mol. The number of nitrogens with one attached hydrogen (secondary N) is 1. The minimum absolute atomic E-state index is 0.538. The van der Waals surface area contributed by atoms with Crippen molar-refractivity contribution in [3.05, 3.63) is 48.5 Å². The first kappa shape index (κ1) is 14.4. The number of benzene rings is 2. The van der Waals surface area contributed by atoms with Crippen LogP contribution in [0.25, 0.3) is 11.0 Å². The zero-order valence-electron chi connectivity index (χ0n) is 13.2. The molecule has 0 aliphatic carbocycles. The van der Waals surface area contributed by atoms with Crippen LogP contribution in [0.15, 0.2) is 48.5 Å².